The van der Waals surface area contributed by atoms with Crippen LogP contribution in [0.25, 0.3) is 0 Å². The Labute approximate surface area is 154 Å². The summed E-state index contributed by atoms with van der Waals surface area (Å²) in [6, 6.07) is 4.17. The lowest BCUT2D eigenvalue weighted by atomic mass is 9.94. The van der Waals surface area contributed by atoms with E-state index in [9.17, 15) is 4.79 Å². The SMILES string of the molecule is COc1cc(C(=O)N2C3CCC2CC(=CC2CC2)C3)cc(OC)c1OC. The third kappa shape index (κ3) is 3.04. The Hall–Kier alpha value is -2.17. The predicted molar refractivity (Wildman–Crippen MR) is 99.1 cm³/mol. The topological polar surface area (TPSA) is 48.0 Å². The van der Waals surface area contributed by atoms with Gasteiger partial charge in [0.05, 0.1) is 21.3 Å². The number of amides is 1. The zero-order valence-electron chi connectivity index (χ0n) is 15.8. The fourth-order valence-corrected chi connectivity index (χ4v) is 4.47. The molecule has 2 atom stereocenters. The van der Waals surface area contributed by atoms with Gasteiger partial charge in [-0.15, -0.1) is 0 Å². The number of hydrogen-bond donors (Lipinski definition) is 0. The van der Waals surface area contributed by atoms with Gasteiger partial charge >= 0.3 is 0 Å². The van der Waals surface area contributed by atoms with Crippen LogP contribution in [0.4, 0.5) is 0 Å². The number of nitrogens with zero attached hydrogens (tertiary/aromatic N) is 1. The van der Waals surface area contributed by atoms with Gasteiger partial charge in [-0.3, -0.25) is 4.79 Å². The highest BCUT2D eigenvalue weighted by atomic mass is 16.5. The van der Waals surface area contributed by atoms with E-state index in [2.05, 4.69) is 11.0 Å². The number of benzene rings is 1. The van der Waals surface area contributed by atoms with Gasteiger partial charge < -0.3 is 19.1 Å². The summed E-state index contributed by atoms with van der Waals surface area (Å²) in [5.74, 6) is 2.44. The maximum absolute atomic E-state index is 13.3. The molecule has 4 rings (SSSR count). The van der Waals surface area contributed by atoms with E-state index in [0.717, 1.165) is 31.6 Å². The van der Waals surface area contributed by atoms with E-state index < -0.39 is 0 Å². The van der Waals surface area contributed by atoms with Crippen LogP contribution in [0.1, 0.15) is 48.9 Å². The molecule has 0 radical (unpaired) electrons. The first-order valence-corrected chi connectivity index (χ1v) is 9.46. The molecule has 1 aromatic carbocycles. The average Bonchev–Trinajstić information content (AvgIpc) is 3.43. The highest BCUT2D eigenvalue weighted by Gasteiger charge is 2.42. The quantitative estimate of drug-likeness (QED) is 0.752. The van der Waals surface area contributed by atoms with Crippen molar-refractivity contribution in [1.29, 1.82) is 0 Å². The zero-order valence-corrected chi connectivity index (χ0v) is 15.8. The molecule has 2 aliphatic heterocycles. The molecule has 5 nitrogen and oxygen atoms in total. The van der Waals surface area contributed by atoms with Gasteiger partial charge in [0.25, 0.3) is 5.91 Å². The summed E-state index contributed by atoms with van der Waals surface area (Å²) in [6.45, 7) is 0. The number of carbonyl (C=O) groups is 1. The zero-order chi connectivity index (χ0) is 18.3. The van der Waals surface area contributed by atoms with Crippen molar-refractivity contribution in [3.05, 3.63) is 29.3 Å². The molecule has 3 aliphatic rings. The van der Waals surface area contributed by atoms with Crippen molar-refractivity contribution >= 4 is 5.91 Å². The molecular formula is C21H27NO4. The van der Waals surface area contributed by atoms with E-state index in [4.69, 9.17) is 14.2 Å². The number of hydrogen-bond acceptors (Lipinski definition) is 4. The van der Waals surface area contributed by atoms with Gasteiger partial charge in [-0.2, -0.15) is 0 Å². The Kier molecular flexibility index (Phi) is 4.55. The van der Waals surface area contributed by atoms with Crippen LogP contribution in [0.15, 0.2) is 23.8 Å². The van der Waals surface area contributed by atoms with Crippen LogP contribution in [-0.2, 0) is 0 Å². The Balaban J connectivity index is 1.60. The Bertz CT molecular complexity index is 697. The lowest BCUT2D eigenvalue weighted by Crippen LogP contribution is -2.44. The fourth-order valence-electron chi connectivity index (χ4n) is 4.47. The van der Waals surface area contributed by atoms with Gasteiger partial charge in [0.15, 0.2) is 11.5 Å². The highest BCUT2D eigenvalue weighted by molar-refractivity contribution is 5.96. The second-order valence-electron chi connectivity index (χ2n) is 7.58. The van der Waals surface area contributed by atoms with Crippen LogP contribution in [-0.4, -0.2) is 44.2 Å². The normalized spacial score (nSPS) is 24.4. The van der Waals surface area contributed by atoms with Gasteiger partial charge in [0.2, 0.25) is 5.75 Å². The minimum atomic E-state index is 0.0715. The second-order valence-corrected chi connectivity index (χ2v) is 7.58. The molecule has 2 bridgehead atoms. The molecule has 0 N–H and O–H groups in total. The number of methoxy groups -OCH3 is 3. The van der Waals surface area contributed by atoms with E-state index in [0.29, 0.717) is 34.9 Å². The first kappa shape index (κ1) is 17.3. The molecule has 26 heavy (non-hydrogen) atoms. The Morgan fingerprint density at radius 1 is 0.962 bits per heavy atom. The minimum absolute atomic E-state index is 0.0715. The summed E-state index contributed by atoms with van der Waals surface area (Å²) in [6.07, 6.45) is 9.42. The number of ether oxygens (including phenoxy) is 3. The largest absolute Gasteiger partial charge is 0.493 e. The molecule has 1 aliphatic carbocycles. The highest BCUT2D eigenvalue weighted by Crippen LogP contribution is 2.43. The standard InChI is InChI=1S/C21H27NO4/c1-24-18-11-15(12-19(25-2)20(18)26-3)21(23)22-16-6-7-17(22)10-14(9-16)8-13-4-5-13/h8,11-13,16-17H,4-7,9-10H2,1-3H3. The summed E-state index contributed by atoms with van der Waals surface area (Å²) in [5.41, 5.74) is 2.17. The van der Waals surface area contributed by atoms with Crippen LogP contribution in [0.3, 0.4) is 0 Å². The summed E-state index contributed by atoms with van der Waals surface area (Å²) in [5, 5.41) is 0. The molecule has 5 heteroatoms. The Morgan fingerprint density at radius 2 is 1.54 bits per heavy atom. The van der Waals surface area contributed by atoms with Crippen LogP contribution in [0.5, 0.6) is 17.2 Å². The van der Waals surface area contributed by atoms with Gasteiger partial charge in [0.1, 0.15) is 0 Å². The monoisotopic (exact) mass is 357 g/mol. The molecule has 2 saturated heterocycles. The average molecular weight is 357 g/mol. The molecule has 1 saturated carbocycles. The molecule has 0 spiro atoms. The van der Waals surface area contributed by atoms with Crippen molar-refractivity contribution in [3.63, 3.8) is 0 Å². The molecule has 3 fully saturated rings. The number of allylic oxidation sites excluding steroid dienone is 1. The molecular weight excluding hydrogens is 330 g/mol. The van der Waals surface area contributed by atoms with Crippen molar-refractivity contribution in [2.45, 2.75) is 50.6 Å². The van der Waals surface area contributed by atoms with Crippen LogP contribution < -0.4 is 14.2 Å². The molecule has 140 valence electrons. The number of fused-ring (bicyclic) bond motifs is 2. The summed E-state index contributed by atoms with van der Waals surface area (Å²) in [4.78, 5) is 15.4. The van der Waals surface area contributed by atoms with E-state index in [1.807, 2.05) is 0 Å². The summed E-state index contributed by atoms with van der Waals surface area (Å²) >= 11 is 0. The number of piperidine rings is 1. The van der Waals surface area contributed by atoms with E-state index in [-0.39, 0.29) is 5.91 Å². The molecule has 2 unspecified atom stereocenters. The minimum Gasteiger partial charge on any atom is -0.493 e. The van der Waals surface area contributed by atoms with E-state index in [1.54, 1.807) is 39.0 Å². The van der Waals surface area contributed by atoms with Gasteiger partial charge in [-0.05, 0) is 56.6 Å². The van der Waals surface area contributed by atoms with Gasteiger partial charge in [-0.25, -0.2) is 0 Å². The van der Waals surface area contributed by atoms with Crippen molar-refractivity contribution in [1.82, 2.24) is 4.90 Å². The van der Waals surface area contributed by atoms with Crippen LogP contribution in [0.2, 0.25) is 0 Å². The Morgan fingerprint density at radius 3 is 2.00 bits per heavy atom. The first-order valence-electron chi connectivity index (χ1n) is 9.46. The molecule has 2 heterocycles. The smallest absolute Gasteiger partial charge is 0.254 e. The maximum Gasteiger partial charge on any atom is 0.254 e. The lowest BCUT2D eigenvalue weighted by molar-refractivity contribution is 0.0633. The summed E-state index contributed by atoms with van der Waals surface area (Å²) in [7, 11) is 4.72. The summed E-state index contributed by atoms with van der Waals surface area (Å²) < 4.78 is 16.2. The van der Waals surface area contributed by atoms with Crippen LogP contribution >= 0.6 is 0 Å². The molecule has 1 aromatic rings. The second kappa shape index (κ2) is 6.86. The predicted octanol–water partition coefficient (Wildman–Crippen LogP) is 3.82. The van der Waals surface area contributed by atoms with Gasteiger partial charge in [-0.1, -0.05) is 11.6 Å². The van der Waals surface area contributed by atoms with Crippen molar-refractivity contribution in [3.8, 4) is 17.2 Å². The van der Waals surface area contributed by atoms with Crippen LogP contribution in [0, 0.1) is 5.92 Å². The molecule has 0 aromatic heterocycles. The third-order valence-corrected chi connectivity index (χ3v) is 5.86. The fraction of sp³-hybridized carbons (Fsp3) is 0.571. The third-order valence-electron chi connectivity index (χ3n) is 5.86. The van der Waals surface area contributed by atoms with E-state index >= 15 is 0 Å². The van der Waals surface area contributed by atoms with E-state index in [1.165, 1.54) is 12.8 Å². The number of rotatable bonds is 5. The van der Waals surface area contributed by atoms with Crippen molar-refractivity contribution in [2.24, 2.45) is 5.92 Å². The lowest BCUT2D eigenvalue weighted by Gasteiger charge is -2.36. The van der Waals surface area contributed by atoms with Crippen molar-refractivity contribution < 1.29 is 19.0 Å². The number of carbonyl (C=O) groups excluding carboxylic acids is 1. The van der Waals surface area contributed by atoms with Crippen molar-refractivity contribution in [2.75, 3.05) is 21.3 Å². The van der Waals surface area contributed by atoms with Gasteiger partial charge in [0, 0.05) is 17.6 Å². The first-order chi connectivity index (χ1) is 12.6. The molecule has 1 amide bonds. The maximum atomic E-state index is 13.3.